The first kappa shape index (κ1) is 22.3. The average Bonchev–Trinajstić information content (AvgIpc) is 3.40. The van der Waals surface area contributed by atoms with Gasteiger partial charge in [-0.3, -0.25) is 14.2 Å². The normalized spacial score (nSPS) is 12.2. The summed E-state index contributed by atoms with van der Waals surface area (Å²) in [6, 6.07) is 9.68. The molecular formula is C23H22FN3O3S2. The topological polar surface area (TPSA) is 77.1 Å². The van der Waals surface area contributed by atoms with Gasteiger partial charge in [-0.05, 0) is 50.6 Å². The summed E-state index contributed by atoms with van der Waals surface area (Å²) in [4.78, 5) is 32.2. The molecule has 1 unspecified atom stereocenters. The summed E-state index contributed by atoms with van der Waals surface area (Å²) in [5, 5.41) is 3.41. The maximum Gasteiger partial charge on any atom is 0.263 e. The summed E-state index contributed by atoms with van der Waals surface area (Å²) < 4.78 is 20.2. The average molecular weight is 472 g/mol. The number of amides is 1. The Kier molecular flexibility index (Phi) is 6.48. The first-order valence-corrected chi connectivity index (χ1v) is 11.8. The molecule has 0 saturated heterocycles. The number of aryl methyl sites for hydroxylation is 1. The van der Waals surface area contributed by atoms with E-state index in [2.05, 4.69) is 5.32 Å². The van der Waals surface area contributed by atoms with Crippen molar-refractivity contribution in [2.75, 3.05) is 0 Å². The molecule has 0 aliphatic heterocycles. The second-order valence-electron chi connectivity index (χ2n) is 7.22. The Hall–Kier alpha value is -2.91. The summed E-state index contributed by atoms with van der Waals surface area (Å²) in [5.41, 5.74) is 1.40. The molecule has 0 saturated carbocycles. The van der Waals surface area contributed by atoms with Gasteiger partial charge in [0.15, 0.2) is 5.16 Å². The Morgan fingerprint density at radius 3 is 2.72 bits per heavy atom. The van der Waals surface area contributed by atoms with Gasteiger partial charge >= 0.3 is 0 Å². The van der Waals surface area contributed by atoms with Gasteiger partial charge in [0.05, 0.1) is 23.4 Å². The number of nitrogens with one attached hydrogen (secondary N) is 1. The highest BCUT2D eigenvalue weighted by atomic mass is 32.2. The summed E-state index contributed by atoms with van der Waals surface area (Å²) in [7, 11) is 0. The molecule has 32 heavy (non-hydrogen) atoms. The fraction of sp³-hybridized carbons (Fsp3) is 0.261. The Labute approximate surface area is 192 Å². The number of furan rings is 1. The molecule has 0 aliphatic rings. The Balaban J connectivity index is 1.66. The molecule has 4 aromatic rings. The smallest absolute Gasteiger partial charge is 0.263 e. The van der Waals surface area contributed by atoms with E-state index in [4.69, 9.17) is 9.40 Å². The first-order valence-electron chi connectivity index (χ1n) is 10.2. The molecule has 166 valence electrons. The van der Waals surface area contributed by atoms with Crippen molar-refractivity contribution >= 4 is 39.2 Å². The Morgan fingerprint density at radius 2 is 2.06 bits per heavy atom. The minimum Gasteiger partial charge on any atom is -0.467 e. The number of fused-ring (bicyclic) bond motifs is 1. The van der Waals surface area contributed by atoms with Crippen LogP contribution in [0.2, 0.25) is 0 Å². The molecule has 1 N–H and O–H groups in total. The maximum atomic E-state index is 13.4. The van der Waals surface area contributed by atoms with Crippen molar-refractivity contribution in [2.24, 2.45) is 0 Å². The fourth-order valence-corrected chi connectivity index (χ4v) is 5.54. The minimum absolute atomic E-state index is 0.160. The third-order valence-corrected chi connectivity index (χ3v) is 7.16. The van der Waals surface area contributed by atoms with Crippen LogP contribution in [0.3, 0.4) is 0 Å². The van der Waals surface area contributed by atoms with Crippen molar-refractivity contribution in [1.82, 2.24) is 14.9 Å². The lowest BCUT2D eigenvalue weighted by Crippen LogP contribution is -2.31. The van der Waals surface area contributed by atoms with Gasteiger partial charge in [0, 0.05) is 17.0 Å². The van der Waals surface area contributed by atoms with E-state index < -0.39 is 5.25 Å². The molecule has 1 atom stereocenters. The van der Waals surface area contributed by atoms with Crippen LogP contribution in [0.1, 0.15) is 24.5 Å². The number of halogens is 1. The molecule has 3 aromatic heterocycles. The number of carbonyl (C=O) groups is 1. The summed E-state index contributed by atoms with van der Waals surface area (Å²) in [6.45, 7) is 6.30. The second-order valence-corrected chi connectivity index (χ2v) is 9.73. The molecule has 0 fully saturated rings. The number of benzene rings is 1. The predicted octanol–water partition coefficient (Wildman–Crippen LogP) is 4.98. The van der Waals surface area contributed by atoms with Crippen LogP contribution in [0.25, 0.3) is 21.3 Å². The predicted molar refractivity (Wildman–Crippen MR) is 126 cm³/mol. The highest BCUT2D eigenvalue weighted by Gasteiger charge is 2.22. The monoisotopic (exact) mass is 471 g/mol. The third-order valence-electron chi connectivity index (χ3n) is 5.07. The summed E-state index contributed by atoms with van der Waals surface area (Å²) >= 11 is 2.67. The van der Waals surface area contributed by atoms with Gasteiger partial charge in [-0.2, -0.15) is 0 Å². The molecule has 6 nitrogen and oxygen atoms in total. The van der Waals surface area contributed by atoms with Crippen LogP contribution in [0.4, 0.5) is 4.39 Å². The van der Waals surface area contributed by atoms with Crippen molar-refractivity contribution in [2.45, 2.75) is 44.3 Å². The number of thiophene rings is 1. The first-order chi connectivity index (χ1) is 15.4. The van der Waals surface area contributed by atoms with Gasteiger partial charge in [0.2, 0.25) is 5.91 Å². The van der Waals surface area contributed by atoms with Crippen LogP contribution in [0, 0.1) is 12.7 Å². The van der Waals surface area contributed by atoms with E-state index in [0.717, 1.165) is 16.0 Å². The molecule has 9 heteroatoms. The van der Waals surface area contributed by atoms with Gasteiger partial charge in [0.1, 0.15) is 16.4 Å². The third kappa shape index (κ3) is 4.35. The Bertz CT molecular complexity index is 1310. The molecule has 1 amide bonds. The van der Waals surface area contributed by atoms with Crippen LogP contribution >= 0.6 is 23.1 Å². The number of nitrogens with zero attached hydrogens (tertiary/aromatic N) is 2. The molecule has 0 aliphatic carbocycles. The highest BCUT2D eigenvalue weighted by Crippen LogP contribution is 2.37. The van der Waals surface area contributed by atoms with Crippen molar-refractivity contribution in [3.63, 3.8) is 0 Å². The standard InChI is InChI=1S/C23H22FN3O3S2/c1-4-27-22(29)19-18(15-7-9-16(24)10-8-15)13(2)31-21(19)26-23(27)32-14(3)20(28)25-12-17-6-5-11-30-17/h5-11,14H,4,12H2,1-3H3,(H,25,28). The van der Waals surface area contributed by atoms with Gasteiger partial charge < -0.3 is 9.73 Å². The van der Waals surface area contributed by atoms with E-state index in [1.807, 2.05) is 13.8 Å². The van der Waals surface area contributed by atoms with Gasteiger partial charge in [-0.15, -0.1) is 11.3 Å². The number of hydrogen-bond acceptors (Lipinski definition) is 6. The van der Waals surface area contributed by atoms with Crippen LogP contribution in [-0.2, 0) is 17.9 Å². The van der Waals surface area contributed by atoms with Crippen molar-refractivity contribution < 1.29 is 13.6 Å². The van der Waals surface area contributed by atoms with Crippen molar-refractivity contribution in [3.8, 4) is 11.1 Å². The number of aromatic nitrogens is 2. The molecule has 4 rings (SSSR count). The molecular weight excluding hydrogens is 449 g/mol. The molecule has 0 bridgehead atoms. The van der Waals surface area contributed by atoms with Crippen LogP contribution in [0.15, 0.2) is 57.0 Å². The maximum absolute atomic E-state index is 13.4. The van der Waals surface area contributed by atoms with Crippen LogP contribution < -0.4 is 10.9 Å². The van der Waals surface area contributed by atoms with E-state index in [-0.39, 0.29) is 17.3 Å². The van der Waals surface area contributed by atoms with E-state index >= 15 is 0 Å². The minimum atomic E-state index is -0.454. The number of carbonyl (C=O) groups excluding carboxylic acids is 1. The molecule has 0 radical (unpaired) electrons. The summed E-state index contributed by atoms with van der Waals surface area (Å²) in [5.74, 6) is 0.175. The second kappa shape index (κ2) is 9.30. The van der Waals surface area contributed by atoms with E-state index in [0.29, 0.717) is 34.2 Å². The number of thioether (sulfide) groups is 1. The zero-order valence-corrected chi connectivity index (χ0v) is 19.5. The van der Waals surface area contributed by atoms with Gasteiger partial charge in [-0.1, -0.05) is 23.9 Å². The lowest BCUT2D eigenvalue weighted by molar-refractivity contribution is -0.120. The molecule has 0 spiro atoms. The lowest BCUT2D eigenvalue weighted by Gasteiger charge is -2.14. The van der Waals surface area contributed by atoms with Crippen molar-refractivity contribution in [1.29, 1.82) is 0 Å². The Morgan fingerprint density at radius 1 is 1.31 bits per heavy atom. The van der Waals surface area contributed by atoms with E-state index in [9.17, 15) is 14.0 Å². The largest absolute Gasteiger partial charge is 0.467 e. The molecule has 3 heterocycles. The van der Waals surface area contributed by atoms with Crippen LogP contribution in [0.5, 0.6) is 0 Å². The van der Waals surface area contributed by atoms with Gasteiger partial charge in [0.25, 0.3) is 5.56 Å². The van der Waals surface area contributed by atoms with Crippen molar-refractivity contribution in [3.05, 3.63) is 69.5 Å². The quantitative estimate of drug-likeness (QED) is 0.304. The van der Waals surface area contributed by atoms with Crippen LogP contribution in [-0.4, -0.2) is 20.7 Å². The lowest BCUT2D eigenvalue weighted by atomic mass is 10.0. The SMILES string of the molecule is CCn1c(SC(C)C(=O)NCc2ccco2)nc2sc(C)c(-c3ccc(F)cc3)c2c1=O. The fourth-order valence-electron chi connectivity index (χ4n) is 3.45. The highest BCUT2D eigenvalue weighted by molar-refractivity contribution is 8.00. The van der Waals surface area contributed by atoms with E-state index in [1.165, 1.54) is 35.2 Å². The zero-order chi connectivity index (χ0) is 22.8. The number of hydrogen-bond donors (Lipinski definition) is 1. The zero-order valence-electron chi connectivity index (χ0n) is 17.8. The van der Waals surface area contributed by atoms with E-state index in [1.54, 1.807) is 42.0 Å². The summed E-state index contributed by atoms with van der Waals surface area (Å²) in [6.07, 6.45) is 1.56. The molecule has 1 aromatic carbocycles. The number of rotatable bonds is 7. The van der Waals surface area contributed by atoms with Gasteiger partial charge in [-0.25, -0.2) is 9.37 Å².